The van der Waals surface area contributed by atoms with E-state index in [1.54, 1.807) is 97.2 Å². The molecule has 0 aliphatic carbocycles. The standard InChI is InChI=1S/C29H22Cl2N4O3S/c30-23-10-6-9-20(27(23)31)17-24(34-28(37)19-7-2-1-3-8-19)29(38)33-21-12-14-22(15-13-21)39-18-26(36)35-25-11-4-5-16-32-25/h1-17H,18H2,(H,33,38)(H,34,37)(H,32,35,36)/b24-17-. The molecule has 3 N–H and O–H groups in total. The van der Waals surface area contributed by atoms with E-state index in [0.717, 1.165) is 4.90 Å². The Labute approximate surface area is 239 Å². The summed E-state index contributed by atoms with van der Waals surface area (Å²) in [6.07, 6.45) is 3.07. The SMILES string of the molecule is O=C(CSc1ccc(NC(=O)/C(=C/c2cccc(Cl)c2Cl)NC(=O)c2ccccc2)cc1)Nc1ccccn1. The van der Waals surface area contributed by atoms with E-state index < -0.39 is 11.8 Å². The molecule has 196 valence electrons. The van der Waals surface area contributed by atoms with Gasteiger partial charge in [-0.15, -0.1) is 11.8 Å². The second-order valence-electron chi connectivity index (χ2n) is 8.05. The van der Waals surface area contributed by atoms with Gasteiger partial charge in [0.05, 0.1) is 15.8 Å². The van der Waals surface area contributed by atoms with Crippen LogP contribution in [0.2, 0.25) is 10.0 Å². The Bertz CT molecular complexity index is 1500. The van der Waals surface area contributed by atoms with E-state index in [1.807, 2.05) is 0 Å². The number of nitrogens with zero attached hydrogens (tertiary/aromatic N) is 1. The molecule has 7 nitrogen and oxygen atoms in total. The first-order valence-electron chi connectivity index (χ1n) is 11.7. The maximum atomic E-state index is 13.2. The van der Waals surface area contributed by atoms with Crippen molar-refractivity contribution in [3.8, 4) is 0 Å². The van der Waals surface area contributed by atoms with Gasteiger partial charge < -0.3 is 16.0 Å². The minimum Gasteiger partial charge on any atom is -0.321 e. The smallest absolute Gasteiger partial charge is 0.272 e. The Hall–Kier alpha value is -4.11. The lowest BCUT2D eigenvalue weighted by Gasteiger charge is -2.12. The Kier molecular flexibility index (Phi) is 9.74. The van der Waals surface area contributed by atoms with Gasteiger partial charge in [0.25, 0.3) is 11.8 Å². The number of pyridine rings is 1. The fourth-order valence-electron chi connectivity index (χ4n) is 3.33. The molecule has 0 aliphatic rings. The molecule has 0 spiro atoms. The van der Waals surface area contributed by atoms with Crippen LogP contribution in [0.4, 0.5) is 11.5 Å². The fourth-order valence-corrected chi connectivity index (χ4v) is 4.39. The predicted molar refractivity (Wildman–Crippen MR) is 157 cm³/mol. The van der Waals surface area contributed by atoms with Gasteiger partial charge in [0.15, 0.2) is 0 Å². The minimum atomic E-state index is -0.550. The molecule has 3 aromatic carbocycles. The van der Waals surface area contributed by atoms with Gasteiger partial charge in [-0.3, -0.25) is 14.4 Å². The van der Waals surface area contributed by atoms with Crippen LogP contribution in [0.1, 0.15) is 15.9 Å². The van der Waals surface area contributed by atoms with E-state index >= 15 is 0 Å². The average Bonchev–Trinajstić information content (AvgIpc) is 2.95. The van der Waals surface area contributed by atoms with Crippen LogP contribution in [0.5, 0.6) is 0 Å². The monoisotopic (exact) mass is 576 g/mol. The number of nitrogens with one attached hydrogen (secondary N) is 3. The van der Waals surface area contributed by atoms with Crippen LogP contribution in [-0.2, 0) is 9.59 Å². The molecule has 0 saturated heterocycles. The van der Waals surface area contributed by atoms with Crippen LogP contribution < -0.4 is 16.0 Å². The second-order valence-corrected chi connectivity index (χ2v) is 9.89. The molecular weight excluding hydrogens is 555 g/mol. The van der Waals surface area contributed by atoms with Crippen molar-refractivity contribution in [2.75, 3.05) is 16.4 Å². The maximum Gasteiger partial charge on any atom is 0.272 e. The number of thioether (sulfide) groups is 1. The van der Waals surface area contributed by atoms with E-state index in [0.29, 0.717) is 27.7 Å². The minimum absolute atomic E-state index is 0.0161. The number of amides is 3. The molecule has 1 aromatic heterocycles. The van der Waals surface area contributed by atoms with Crippen molar-refractivity contribution in [3.05, 3.63) is 124 Å². The lowest BCUT2D eigenvalue weighted by atomic mass is 10.1. The molecular formula is C29H22Cl2N4O3S. The fraction of sp³-hybridized carbons (Fsp3) is 0.0345. The van der Waals surface area contributed by atoms with Crippen molar-refractivity contribution in [1.29, 1.82) is 0 Å². The molecule has 4 rings (SSSR count). The number of anilines is 2. The molecule has 0 aliphatic heterocycles. The maximum absolute atomic E-state index is 13.2. The van der Waals surface area contributed by atoms with E-state index in [-0.39, 0.29) is 22.4 Å². The first-order chi connectivity index (χ1) is 18.9. The molecule has 0 radical (unpaired) electrons. The highest BCUT2D eigenvalue weighted by molar-refractivity contribution is 8.00. The summed E-state index contributed by atoms with van der Waals surface area (Å²) in [5.41, 5.74) is 1.34. The molecule has 0 unspecified atom stereocenters. The lowest BCUT2D eigenvalue weighted by molar-refractivity contribution is -0.114. The quantitative estimate of drug-likeness (QED) is 0.155. The molecule has 0 atom stereocenters. The summed E-state index contributed by atoms with van der Waals surface area (Å²) in [6.45, 7) is 0. The van der Waals surface area contributed by atoms with E-state index in [9.17, 15) is 14.4 Å². The summed E-state index contributed by atoms with van der Waals surface area (Å²) in [5.74, 6) is -0.499. The number of hydrogen-bond acceptors (Lipinski definition) is 5. The van der Waals surface area contributed by atoms with Gasteiger partial charge in [-0.2, -0.15) is 0 Å². The Balaban J connectivity index is 1.44. The summed E-state index contributed by atoms with van der Waals surface area (Å²) >= 11 is 13.8. The van der Waals surface area contributed by atoms with Gasteiger partial charge in [-0.1, -0.05) is 59.6 Å². The molecule has 10 heteroatoms. The summed E-state index contributed by atoms with van der Waals surface area (Å²) in [6, 6.07) is 25.8. The van der Waals surface area contributed by atoms with Gasteiger partial charge in [-0.05, 0) is 66.2 Å². The predicted octanol–water partition coefficient (Wildman–Crippen LogP) is 6.53. The number of benzene rings is 3. The molecule has 0 fully saturated rings. The zero-order chi connectivity index (χ0) is 27.6. The van der Waals surface area contributed by atoms with Crippen molar-refractivity contribution in [3.63, 3.8) is 0 Å². The number of carbonyl (C=O) groups is 3. The molecule has 0 saturated carbocycles. The Morgan fingerprint density at radius 3 is 2.28 bits per heavy atom. The Morgan fingerprint density at radius 1 is 0.821 bits per heavy atom. The van der Waals surface area contributed by atoms with Crippen LogP contribution >= 0.6 is 35.0 Å². The van der Waals surface area contributed by atoms with Crippen LogP contribution in [0.25, 0.3) is 6.08 Å². The molecule has 3 amide bonds. The van der Waals surface area contributed by atoms with Crippen molar-refractivity contribution < 1.29 is 14.4 Å². The van der Waals surface area contributed by atoms with E-state index in [4.69, 9.17) is 23.2 Å². The summed E-state index contributed by atoms with van der Waals surface area (Å²) < 4.78 is 0. The molecule has 4 aromatic rings. The summed E-state index contributed by atoms with van der Waals surface area (Å²) in [5, 5.41) is 8.76. The first-order valence-corrected chi connectivity index (χ1v) is 13.4. The van der Waals surface area contributed by atoms with Gasteiger partial charge in [0, 0.05) is 22.3 Å². The van der Waals surface area contributed by atoms with Crippen LogP contribution in [0.3, 0.4) is 0 Å². The number of rotatable bonds is 9. The zero-order valence-corrected chi connectivity index (χ0v) is 22.7. The Morgan fingerprint density at radius 2 is 1.56 bits per heavy atom. The van der Waals surface area contributed by atoms with Gasteiger partial charge in [-0.25, -0.2) is 4.98 Å². The highest BCUT2D eigenvalue weighted by atomic mass is 35.5. The molecule has 39 heavy (non-hydrogen) atoms. The third kappa shape index (κ3) is 8.19. The number of hydrogen-bond donors (Lipinski definition) is 3. The highest BCUT2D eigenvalue weighted by Gasteiger charge is 2.16. The van der Waals surface area contributed by atoms with Crippen LogP contribution in [0.15, 0.2) is 108 Å². The summed E-state index contributed by atoms with van der Waals surface area (Å²) in [4.78, 5) is 43.1. The third-order valence-electron chi connectivity index (χ3n) is 5.22. The van der Waals surface area contributed by atoms with Crippen molar-refractivity contribution in [2.24, 2.45) is 0 Å². The van der Waals surface area contributed by atoms with Crippen LogP contribution in [-0.4, -0.2) is 28.5 Å². The molecule has 0 bridgehead atoms. The van der Waals surface area contributed by atoms with Crippen molar-refractivity contribution in [2.45, 2.75) is 4.90 Å². The van der Waals surface area contributed by atoms with Crippen molar-refractivity contribution >= 4 is 70.3 Å². The number of carbonyl (C=O) groups excluding carboxylic acids is 3. The van der Waals surface area contributed by atoms with E-state index in [1.165, 1.54) is 17.8 Å². The summed E-state index contributed by atoms with van der Waals surface area (Å²) in [7, 11) is 0. The van der Waals surface area contributed by atoms with Gasteiger partial charge in [0.1, 0.15) is 11.5 Å². The first kappa shape index (κ1) is 27.9. The van der Waals surface area contributed by atoms with Crippen LogP contribution in [0, 0.1) is 0 Å². The van der Waals surface area contributed by atoms with Crippen molar-refractivity contribution in [1.82, 2.24) is 10.3 Å². The lowest BCUT2D eigenvalue weighted by Crippen LogP contribution is -2.30. The second kappa shape index (κ2) is 13.6. The number of aromatic nitrogens is 1. The van der Waals surface area contributed by atoms with Gasteiger partial charge in [0.2, 0.25) is 5.91 Å². The zero-order valence-electron chi connectivity index (χ0n) is 20.4. The largest absolute Gasteiger partial charge is 0.321 e. The highest BCUT2D eigenvalue weighted by Crippen LogP contribution is 2.27. The van der Waals surface area contributed by atoms with Gasteiger partial charge >= 0.3 is 0 Å². The average molecular weight is 577 g/mol. The third-order valence-corrected chi connectivity index (χ3v) is 7.07. The normalized spacial score (nSPS) is 11.0. The molecule has 1 heterocycles. The topological polar surface area (TPSA) is 100 Å². The van der Waals surface area contributed by atoms with E-state index in [2.05, 4.69) is 20.9 Å². The number of halogens is 2.